The van der Waals surface area contributed by atoms with Crippen LogP contribution in [-0.2, 0) is 9.09 Å². The lowest BCUT2D eigenvalue weighted by molar-refractivity contribution is 0.357. The zero-order valence-corrected chi connectivity index (χ0v) is 13.9. The van der Waals surface area contributed by atoms with Crippen LogP contribution in [0.5, 0.6) is 0 Å². The molecule has 0 spiro atoms. The molecule has 0 N–H and O–H groups in total. The van der Waals surface area contributed by atoms with E-state index in [4.69, 9.17) is 4.52 Å². The van der Waals surface area contributed by atoms with Crippen LogP contribution in [0.25, 0.3) is 0 Å². The van der Waals surface area contributed by atoms with Gasteiger partial charge in [-0.15, -0.1) is 0 Å². The summed E-state index contributed by atoms with van der Waals surface area (Å²) in [6.45, 7) is 8.88. The largest absolute Gasteiger partial charge is 0.314 e. The lowest BCUT2D eigenvalue weighted by Crippen LogP contribution is -1.92. The molecule has 0 rings (SSSR count). The Hall–Kier alpha value is 1.24. The van der Waals surface area contributed by atoms with Gasteiger partial charge in [-0.05, 0) is 36.4 Å². The van der Waals surface area contributed by atoms with Crippen molar-refractivity contribution < 1.29 is 9.09 Å². The summed E-state index contributed by atoms with van der Waals surface area (Å²) < 4.78 is 17.8. The molecular formula is C10H23O2PS3. The van der Waals surface area contributed by atoms with Crippen molar-refractivity contribution >= 4 is 40.3 Å². The quantitative estimate of drug-likeness (QED) is 0.308. The Kier molecular flexibility index (Phi) is 11.0. The van der Waals surface area contributed by atoms with Gasteiger partial charge in [-0.25, -0.2) is 0 Å². The molecular weight excluding hydrogens is 279 g/mol. The normalized spacial score (nSPS) is 15.3. The number of thioether (sulfide) groups is 1. The molecule has 0 aromatic carbocycles. The molecule has 0 fully saturated rings. The molecule has 6 heteroatoms. The van der Waals surface area contributed by atoms with Crippen molar-refractivity contribution in [2.75, 3.05) is 23.2 Å². The Morgan fingerprint density at radius 1 is 1.25 bits per heavy atom. The summed E-state index contributed by atoms with van der Waals surface area (Å²) in [7, 11) is 0. The predicted octanol–water partition coefficient (Wildman–Crippen LogP) is 5.35. The van der Waals surface area contributed by atoms with E-state index in [2.05, 4.69) is 20.8 Å². The van der Waals surface area contributed by atoms with E-state index in [-0.39, 0.29) is 0 Å². The third kappa shape index (κ3) is 9.29. The molecule has 0 amide bonds. The summed E-state index contributed by atoms with van der Waals surface area (Å²) in [5.41, 5.74) is 0. The highest BCUT2D eigenvalue weighted by Crippen LogP contribution is 2.70. The molecule has 0 aliphatic carbocycles. The Morgan fingerprint density at radius 3 is 2.44 bits per heavy atom. The van der Waals surface area contributed by atoms with Gasteiger partial charge >= 0.3 is 5.77 Å². The zero-order chi connectivity index (χ0) is 12.4. The molecule has 0 aromatic heterocycles. The van der Waals surface area contributed by atoms with Crippen LogP contribution in [0.3, 0.4) is 0 Å². The lowest BCUT2D eigenvalue weighted by atomic mass is 10.3. The van der Waals surface area contributed by atoms with E-state index in [0.29, 0.717) is 12.5 Å². The average molecular weight is 302 g/mol. The van der Waals surface area contributed by atoms with Crippen molar-refractivity contribution in [3.63, 3.8) is 0 Å². The van der Waals surface area contributed by atoms with E-state index in [9.17, 15) is 4.57 Å². The molecule has 98 valence electrons. The lowest BCUT2D eigenvalue weighted by Gasteiger charge is -2.16. The fraction of sp³-hybridized carbons (Fsp3) is 1.00. The van der Waals surface area contributed by atoms with Gasteiger partial charge in [0, 0.05) is 10.8 Å². The highest BCUT2D eigenvalue weighted by molar-refractivity contribution is 8.89. The minimum atomic E-state index is -2.50. The molecule has 0 aliphatic rings. The van der Waals surface area contributed by atoms with Crippen molar-refractivity contribution in [3.05, 3.63) is 0 Å². The van der Waals surface area contributed by atoms with Gasteiger partial charge in [-0.2, -0.15) is 11.8 Å². The first-order valence-corrected chi connectivity index (χ1v) is 11.6. The Labute approximate surface area is 112 Å². The van der Waals surface area contributed by atoms with Gasteiger partial charge in [0.05, 0.1) is 6.61 Å². The Bertz CT molecular complexity index is 212. The van der Waals surface area contributed by atoms with E-state index in [1.807, 2.05) is 18.7 Å². The van der Waals surface area contributed by atoms with E-state index >= 15 is 0 Å². The summed E-state index contributed by atoms with van der Waals surface area (Å²) in [5, 5.41) is 0.871. The smallest absolute Gasteiger partial charge is 0.313 e. The first-order chi connectivity index (χ1) is 7.54. The van der Waals surface area contributed by atoms with Gasteiger partial charge < -0.3 is 4.52 Å². The van der Waals surface area contributed by atoms with Gasteiger partial charge in [-0.3, -0.25) is 4.57 Å². The van der Waals surface area contributed by atoms with Crippen LogP contribution in [-0.4, -0.2) is 23.2 Å². The topological polar surface area (TPSA) is 26.3 Å². The zero-order valence-electron chi connectivity index (χ0n) is 10.6. The van der Waals surface area contributed by atoms with Crippen LogP contribution >= 0.6 is 40.3 Å². The monoisotopic (exact) mass is 302 g/mol. The number of hydrogen-bond donors (Lipinski definition) is 0. The van der Waals surface area contributed by atoms with Crippen molar-refractivity contribution in [1.82, 2.24) is 0 Å². The van der Waals surface area contributed by atoms with Gasteiger partial charge in [0.15, 0.2) is 0 Å². The van der Waals surface area contributed by atoms with Crippen molar-refractivity contribution in [2.24, 2.45) is 5.92 Å². The summed E-state index contributed by atoms with van der Waals surface area (Å²) >= 11 is 4.82. The second-order valence-electron chi connectivity index (χ2n) is 3.71. The fourth-order valence-corrected chi connectivity index (χ4v) is 10.4. The maximum atomic E-state index is 12.4. The van der Waals surface area contributed by atoms with Crippen molar-refractivity contribution in [1.29, 1.82) is 0 Å². The van der Waals surface area contributed by atoms with Crippen molar-refractivity contribution in [2.45, 2.75) is 34.1 Å². The maximum Gasteiger partial charge on any atom is 0.313 e. The fourth-order valence-electron chi connectivity index (χ4n) is 0.815. The van der Waals surface area contributed by atoms with Gasteiger partial charge in [0.2, 0.25) is 0 Å². The molecule has 16 heavy (non-hydrogen) atoms. The number of hydrogen-bond acceptors (Lipinski definition) is 5. The SMILES string of the molecule is CCCSCSP(=O)(OCC)SCC(C)C. The molecule has 0 radical (unpaired) electrons. The summed E-state index contributed by atoms with van der Waals surface area (Å²) in [6.07, 6.45) is 1.17. The van der Waals surface area contributed by atoms with E-state index in [1.165, 1.54) is 29.2 Å². The third-order valence-corrected chi connectivity index (χ3v) is 11.1. The first-order valence-electron chi connectivity index (χ1n) is 5.65. The van der Waals surface area contributed by atoms with Crippen LogP contribution in [0.2, 0.25) is 0 Å². The van der Waals surface area contributed by atoms with Crippen LogP contribution in [0.1, 0.15) is 34.1 Å². The molecule has 0 saturated carbocycles. The highest BCUT2D eigenvalue weighted by Gasteiger charge is 2.24. The van der Waals surface area contributed by atoms with Gasteiger partial charge in [-0.1, -0.05) is 32.2 Å². The third-order valence-electron chi connectivity index (χ3n) is 1.50. The minimum Gasteiger partial charge on any atom is -0.314 e. The molecule has 2 nitrogen and oxygen atoms in total. The first kappa shape index (κ1) is 17.2. The standard InChI is InChI=1S/C10H23O2PS3/c1-5-7-14-9-16-13(11,12-6-2)15-8-10(3)4/h10H,5-9H2,1-4H3. The van der Waals surface area contributed by atoms with E-state index in [0.717, 1.165) is 16.6 Å². The minimum absolute atomic E-state index is 0.536. The average Bonchev–Trinajstić information content (AvgIpc) is 2.22. The van der Waals surface area contributed by atoms with Gasteiger partial charge in [0.1, 0.15) is 0 Å². The summed E-state index contributed by atoms with van der Waals surface area (Å²) in [6, 6.07) is 0. The molecule has 0 heterocycles. The Balaban J connectivity index is 3.96. The van der Waals surface area contributed by atoms with E-state index < -0.39 is 5.77 Å². The maximum absolute atomic E-state index is 12.4. The van der Waals surface area contributed by atoms with Crippen LogP contribution in [0, 0.1) is 5.92 Å². The predicted molar refractivity (Wildman–Crippen MR) is 81.7 cm³/mol. The van der Waals surface area contributed by atoms with Gasteiger partial charge in [0.25, 0.3) is 0 Å². The second-order valence-corrected chi connectivity index (χ2v) is 12.6. The van der Waals surface area contributed by atoms with E-state index in [1.54, 1.807) is 0 Å². The molecule has 0 aromatic rings. The summed E-state index contributed by atoms with van der Waals surface area (Å²) in [5.74, 6) is 0.0955. The molecule has 0 aliphatic heterocycles. The molecule has 0 saturated heterocycles. The van der Waals surface area contributed by atoms with Crippen molar-refractivity contribution in [3.8, 4) is 0 Å². The summed E-state index contributed by atoms with van der Waals surface area (Å²) in [4.78, 5) is 0. The van der Waals surface area contributed by atoms with Crippen LogP contribution in [0.15, 0.2) is 0 Å². The molecule has 1 atom stereocenters. The second kappa shape index (κ2) is 10.2. The van der Waals surface area contributed by atoms with Crippen LogP contribution in [0.4, 0.5) is 0 Å². The Morgan fingerprint density at radius 2 is 1.94 bits per heavy atom. The molecule has 1 unspecified atom stereocenters. The molecule has 0 bridgehead atoms. The number of rotatable bonds is 10. The van der Waals surface area contributed by atoms with Crippen LogP contribution < -0.4 is 0 Å². The highest BCUT2D eigenvalue weighted by atomic mass is 33.1.